The first-order valence-corrected chi connectivity index (χ1v) is 7.77. The molecule has 1 aliphatic carbocycles. The summed E-state index contributed by atoms with van der Waals surface area (Å²) in [6.45, 7) is 3.82. The monoisotopic (exact) mass is 238 g/mol. The molecule has 0 bridgehead atoms. The van der Waals surface area contributed by atoms with Crippen molar-refractivity contribution < 1.29 is 0 Å². The van der Waals surface area contributed by atoms with Crippen LogP contribution >= 0.6 is 0 Å². The molecule has 2 rings (SSSR count). The van der Waals surface area contributed by atoms with E-state index < -0.39 is 0 Å². The summed E-state index contributed by atoms with van der Waals surface area (Å²) in [5.41, 5.74) is 0. The summed E-state index contributed by atoms with van der Waals surface area (Å²) in [6.07, 6.45) is 13.0. The van der Waals surface area contributed by atoms with E-state index in [9.17, 15) is 0 Å². The number of hydrogen-bond donors (Lipinski definition) is 1. The van der Waals surface area contributed by atoms with E-state index in [-0.39, 0.29) is 0 Å². The number of hydrogen-bond acceptors (Lipinski definition) is 2. The summed E-state index contributed by atoms with van der Waals surface area (Å²) >= 11 is 0. The highest BCUT2D eigenvalue weighted by molar-refractivity contribution is 4.76. The molecule has 0 unspecified atom stereocenters. The van der Waals surface area contributed by atoms with E-state index in [1.807, 2.05) is 0 Å². The maximum atomic E-state index is 3.47. The van der Waals surface area contributed by atoms with Crippen molar-refractivity contribution in [2.45, 2.75) is 63.8 Å². The van der Waals surface area contributed by atoms with Crippen molar-refractivity contribution in [1.29, 1.82) is 0 Å². The molecule has 0 radical (unpaired) electrons. The van der Waals surface area contributed by atoms with Crippen molar-refractivity contribution in [3.05, 3.63) is 0 Å². The molecule has 0 spiro atoms. The van der Waals surface area contributed by atoms with Gasteiger partial charge in [0.15, 0.2) is 0 Å². The van der Waals surface area contributed by atoms with Crippen molar-refractivity contribution in [3.8, 4) is 0 Å². The van der Waals surface area contributed by atoms with E-state index in [1.165, 1.54) is 77.4 Å². The lowest BCUT2D eigenvalue weighted by atomic mass is 9.93. The van der Waals surface area contributed by atoms with Gasteiger partial charge in [-0.15, -0.1) is 0 Å². The van der Waals surface area contributed by atoms with Crippen LogP contribution < -0.4 is 5.32 Å². The maximum Gasteiger partial charge on any atom is 0.00923 e. The largest absolute Gasteiger partial charge is 0.317 e. The molecule has 0 aromatic carbocycles. The number of nitrogens with zero attached hydrogens (tertiary/aromatic N) is 1. The standard InChI is InChI=1S/C15H30N2/c1-17(13-14-9-11-16-12-10-14)15-7-5-3-2-4-6-8-15/h14-16H,2-13H2,1H3. The molecule has 1 aliphatic heterocycles. The topological polar surface area (TPSA) is 15.3 Å². The van der Waals surface area contributed by atoms with Gasteiger partial charge in [-0.1, -0.05) is 32.1 Å². The van der Waals surface area contributed by atoms with E-state index in [4.69, 9.17) is 0 Å². The van der Waals surface area contributed by atoms with E-state index in [0.29, 0.717) is 0 Å². The fourth-order valence-corrected chi connectivity index (χ4v) is 3.50. The fourth-order valence-electron chi connectivity index (χ4n) is 3.50. The quantitative estimate of drug-likeness (QED) is 0.813. The Morgan fingerprint density at radius 3 is 2.12 bits per heavy atom. The van der Waals surface area contributed by atoms with Crippen LogP contribution in [0.5, 0.6) is 0 Å². The minimum absolute atomic E-state index is 0.880. The van der Waals surface area contributed by atoms with Crippen LogP contribution in [0.3, 0.4) is 0 Å². The lowest BCUT2D eigenvalue weighted by Crippen LogP contribution is -2.39. The second-order valence-electron chi connectivity index (χ2n) is 6.13. The van der Waals surface area contributed by atoms with Crippen molar-refractivity contribution in [2.75, 3.05) is 26.7 Å². The highest BCUT2D eigenvalue weighted by Crippen LogP contribution is 2.22. The fraction of sp³-hybridized carbons (Fsp3) is 1.00. The van der Waals surface area contributed by atoms with Gasteiger partial charge in [0.25, 0.3) is 0 Å². The Bertz CT molecular complexity index is 191. The molecule has 0 aromatic heterocycles. The predicted molar refractivity (Wildman–Crippen MR) is 74.3 cm³/mol. The molecule has 17 heavy (non-hydrogen) atoms. The molecular formula is C15H30N2. The Morgan fingerprint density at radius 2 is 1.47 bits per heavy atom. The summed E-state index contributed by atoms with van der Waals surface area (Å²) in [5, 5.41) is 3.47. The average molecular weight is 238 g/mol. The van der Waals surface area contributed by atoms with Gasteiger partial charge in [-0.3, -0.25) is 0 Å². The Kier molecular flexibility index (Phi) is 5.79. The van der Waals surface area contributed by atoms with Crippen LogP contribution in [0, 0.1) is 5.92 Å². The molecule has 0 atom stereocenters. The van der Waals surface area contributed by atoms with E-state index in [0.717, 1.165) is 12.0 Å². The van der Waals surface area contributed by atoms with Crippen LogP contribution in [-0.2, 0) is 0 Å². The Hall–Kier alpha value is -0.0800. The summed E-state index contributed by atoms with van der Waals surface area (Å²) in [7, 11) is 2.37. The summed E-state index contributed by atoms with van der Waals surface area (Å²) in [4.78, 5) is 2.68. The molecular weight excluding hydrogens is 208 g/mol. The molecule has 1 heterocycles. The molecule has 2 aliphatic rings. The third kappa shape index (κ3) is 4.59. The Balaban J connectivity index is 1.74. The van der Waals surface area contributed by atoms with E-state index in [2.05, 4.69) is 17.3 Å². The van der Waals surface area contributed by atoms with Crippen LogP contribution in [0.15, 0.2) is 0 Å². The van der Waals surface area contributed by atoms with E-state index in [1.54, 1.807) is 0 Å². The number of nitrogens with one attached hydrogen (secondary N) is 1. The highest BCUT2D eigenvalue weighted by atomic mass is 15.1. The second-order valence-corrected chi connectivity index (χ2v) is 6.13. The Labute approximate surface area is 107 Å². The zero-order valence-electron chi connectivity index (χ0n) is 11.6. The van der Waals surface area contributed by atoms with Crippen LogP contribution in [-0.4, -0.2) is 37.6 Å². The van der Waals surface area contributed by atoms with Gasteiger partial charge in [0.05, 0.1) is 0 Å². The smallest absolute Gasteiger partial charge is 0.00923 e. The first kappa shape index (κ1) is 13.4. The average Bonchev–Trinajstić information content (AvgIpc) is 2.29. The number of piperidine rings is 1. The number of rotatable bonds is 3. The lowest BCUT2D eigenvalue weighted by molar-refractivity contribution is 0.161. The van der Waals surface area contributed by atoms with Crippen molar-refractivity contribution in [3.63, 3.8) is 0 Å². The molecule has 1 N–H and O–H groups in total. The molecule has 100 valence electrons. The summed E-state index contributed by atoms with van der Waals surface area (Å²) < 4.78 is 0. The van der Waals surface area contributed by atoms with Gasteiger partial charge in [-0.25, -0.2) is 0 Å². The van der Waals surface area contributed by atoms with Gasteiger partial charge in [-0.05, 0) is 51.7 Å². The van der Waals surface area contributed by atoms with Gasteiger partial charge in [0, 0.05) is 12.6 Å². The van der Waals surface area contributed by atoms with Crippen molar-refractivity contribution in [1.82, 2.24) is 10.2 Å². The summed E-state index contributed by atoms with van der Waals surface area (Å²) in [5.74, 6) is 0.951. The Morgan fingerprint density at radius 1 is 0.882 bits per heavy atom. The zero-order chi connectivity index (χ0) is 11.9. The third-order valence-corrected chi connectivity index (χ3v) is 4.70. The van der Waals surface area contributed by atoms with Crippen LogP contribution in [0.25, 0.3) is 0 Å². The lowest BCUT2D eigenvalue weighted by Gasteiger charge is -2.34. The minimum Gasteiger partial charge on any atom is -0.317 e. The molecule has 1 saturated carbocycles. The minimum atomic E-state index is 0.880. The first-order valence-electron chi connectivity index (χ1n) is 7.77. The summed E-state index contributed by atoms with van der Waals surface area (Å²) in [6, 6.07) is 0.880. The van der Waals surface area contributed by atoms with Gasteiger partial charge in [0.2, 0.25) is 0 Å². The van der Waals surface area contributed by atoms with Crippen LogP contribution in [0.2, 0.25) is 0 Å². The van der Waals surface area contributed by atoms with Gasteiger partial charge in [-0.2, -0.15) is 0 Å². The molecule has 2 nitrogen and oxygen atoms in total. The van der Waals surface area contributed by atoms with E-state index >= 15 is 0 Å². The second kappa shape index (κ2) is 7.38. The van der Waals surface area contributed by atoms with Gasteiger partial charge in [0.1, 0.15) is 0 Å². The molecule has 0 amide bonds. The zero-order valence-corrected chi connectivity index (χ0v) is 11.6. The van der Waals surface area contributed by atoms with Crippen LogP contribution in [0.4, 0.5) is 0 Å². The molecule has 2 fully saturated rings. The third-order valence-electron chi connectivity index (χ3n) is 4.70. The van der Waals surface area contributed by atoms with Crippen molar-refractivity contribution in [2.24, 2.45) is 5.92 Å². The SMILES string of the molecule is CN(CC1CCNCC1)C1CCCCCCC1. The highest BCUT2D eigenvalue weighted by Gasteiger charge is 2.20. The maximum absolute atomic E-state index is 3.47. The predicted octanol–water partition coefficient (Wildman–Crippen LogP) is 3.03. The molecule has 2 heteroatoms. The normalized spacial score (nSPS) is 25.8. The molecule has 0 aromatic rings. The molecule has 1 saturated heterocycles. The van der Waals surface area contributed by atoms with Gasteiger partial charge < -0.3 is 10.2 Å². The van der Waals surface area contributed by atoms with Crippen molar-refractivity contribution >= 4 is 0 Å². The first-order chi connectivity index (χ1) is 8.36. The van der Waals surface area contributed by atoms with Crippen LogP contribution in [0.1, 0.15) is 57.8 Å². The van der Waals surface area contributed by atoms with Gasteiger partial charge >= 0.3 is 0 Å².